The van der Waals surface area contributed by atoms with Gasteiger partial charge in [0.25, 0.3) is 11.8 Å². The average Bonchev–Trinajstić information content (AvgIpc) is 3.15. The molecule has 0 radical (unpaired) electrons. The van der Waals surface area contributed by atoms with Crippen molar-refractivity contribution in [3.8, 4) is 0 Å². The van der Waals surface area contributed by atoms with Crippen molar-refractivity contribution in [1.29, 1.82) is 0 Å². The van der Waals surface area contributed by atoms with Gasteiger partial charge in [0.1, 0.15) is 0 Å². The van der Waals surface area contributed by atoms with Crippen LogP contribution in [0.3, 0.4) is 0 Å². The molecule has 1 aliphatic rings. The van der Waals surface area contributed by atoms with Crippen LogP contribution < -0.4 is 0 Å². The number of nitrogens with zero attached hydrogens (tertiary/aromatic N) is 2. The minimum Gasteiger partial charge on any atom is -0.355 e. The fourth-order valence-electron chi connectivity index (χ4n) is 3.47. The van der Waals surface area contributed by atoms with E-state index in [1.165, 1.54) is 18.3 Å². The Kier molecular flexibility index (Phi) is 5.27. The number of hydrogen-bond donors (Lipinski definition) is 1. The molecule has 0 bridgehead atoms. The molecule has 0 saturated carbocycles. The minimum absolute atomic E-state index is 0.0217. The molecule has 1 fully saturated rings. The fourth-order valence-corrected chi connectivity index (χ4v) is 4.10. The molecule has 3 heterocycles. The van der Waals surface area contributed by atoms with Gasteiger partial charge < -0.3 is 14.8 Å². The smallest absolute Gasteiger partial charge is 0.256 e. The number of nitrogens with one attached hydrogen (secondary N) is 1. The van der Waals surface area contributed by atoms with Crippen LogP contribution in [0, 0.1) is 13.8 Å². The van der Waals surface area contributed by atoms with Crippen LogP contribution in [0.4, 0.5) is 0 Å². The van der Waals surface area contributed by atoms with E-state index in [0.29, 0.717) is 54.3 Å². The van der Waals surface area contributed by atoms with Crippen molar-refractivity contribution in [2.75, 3.05) is 26.2 Å². The van der Waals surface area contributed by atoms with E-state index in [-0.39, 0.29) is 17.6 Å². The number of aromatic amines is 1. The van der Waals surface area contributed by atoms with Crippen LogP contribution in [0.5, 0.6) is 0 Å². The molecule has 0 unspecified atom stereocenters. The summed E-state index contributed by atoms with van der Waals surface area (Å²) in [7, 11) is 0. The summed E-state index contributed by atoms with van der Waals surface area (Å²) < 4.78 is 0. The number of carbonyl (C=O) groups is 3. The van der Waals surface area contributed by atoms with Crippen LogP contribution in [0.15, 0.2) is 16.8 Å². The second-order valence-electron chi connectivity index (χ2n) is 6.63. The van der Waals surface area contributed by atoms with E-state index in [4.69, 9.17) is 0 Å². The lowest BCUT2D eigenvalue weighted by atomic mass is 10.1. The van der Waals surface area contributed by atoms with Gasteiger partial charge in [-0.2, -0.15) is 11.3 Å². The molecule has 6 nitrogen and oxygen atoms in total. The lowest BCUT2D eigenvalue weighted by Gasteiger charge is -2.22. The Hall–Kier alpha value is -2.41. The molecule has 2 aromatic heterocycles. The van der Waals surface area contributed by atoms with Gasteiger partial charge in [-0.05, 0) is 37.3 Å². The largest absolute Gasteiger partial charge is 0.355 e. The summed E-state index contributed by atoms with van der Waals surface area (Å²) >= 11 is 1.50. The van der Waals surface area contributed by atoms with Crippen LogP contribution in [0.25, 0.3) is 0 Å². The number of rotatable bonds is 3. The summed E-state index contributed by atoms with van der Waals surface area (Å²) in [5.74, 6) is -0.130. The second-order valence-corrected chi connectivity index (χ2v) is 7.41. The van der Waals surface area contributed by atoms with Gasteiger partial charge in [0.05, 0.1) is 16.8 Å². The molecular weight excluding hydrogens is 350 g/mol. The summed E-state index contributed by atoms with van der Waals surface area (Å²) in [6, 6.07) is 1.83. The Balaban J connectivity index is 1.74. The number of aromatic nitrogens is 1. The Bertz CT molecular complexity index is 839. The summed E-state index contributed by atoms with van der Waals surface area (Å²) in [5.41, 5.74) is 3.20. The summed E-state index contributed by atoms with van der Waals surface area (Å²) in [5, 5.41) is 3.75. The van der Waals surface area contributed by atoms with E-state index in [9.17, 15) is 14.4 Å². The zero-order valence-electron chi connectivity index (χ0n) is 15.3. The zero-order valence-corrected chi connectivity index (χ0v) is 16.1. The van der Waals surface area contributed by atoms with Crippen LogP contribution in [0.2, 0.25) is 0 Å². The first-order valence-electron chi connectivity index (χ1n) is 8.71. The van der Waals surface area contributed by atoms with E-state index < -0.39 is 0 Å². The number of amides is 2. The Morgan fingerprint density at radius 2 is 1.69 bits per heavy atom. The predicted molar refractivity (Wildman–Crippen MR) is 101 cm³/mol. The summed E-state index contributed by atoms with van der Waals surface area (Å²) in [6.45, 7) is 7.37. The zero-order chi connectivity index (χ0) is 18.8. The molecule has 2 amide bonds. The molecule has 0 aliphatic carbocycles. The molecule has 1 N–H and O–H groups in total. The highest BCUT2D eigenvalue weighted by Gasteiger charge is 2.27. The number of thiophene rings is 1. The van der Waals surface area contributed by atoms with Crippen molar-refractivity contribution in [3.05, 3.63) is 44.9 Å². The van der Waals surface area contributed by atoms with Crippen LogP contribution in [-0.2, 0) is 0 Å². The molecule has 7 heteroatoms. The van der Waals surface area contributed by atoms with Gasteiger partial charge >= 0.3 is 0 Å². The van der Waals surface area contributed by atoms with Crippen molar-refractivity contribution in [3.63, 3.8) is 0 Å². The maximum Gasteiger partial charge on any atom is 0.256 e. The molecule has 0 spiro atoms. The maximum absolute atomic E-state index is 13.0. The highest BCUT2D eigenvalue weighted by atomic mass is 32.1. The molecule has 2 aromatic rings. The van der Waals surface area contributed by atoms with Crippen molar-refractivity contribution >= 4 is 28.9 Å². The van der Waals surface area contributed by atoms with Gasteiger partial charge in [-0.1, -0.05) is 0 Å². The van der Waals surface area contributed by atoms with E-state index in [0.717, 1.165) is 6.42 Å². The number of aryl methyl sites for hydroxylation is 1. The first kappa shape index (κ1) is 18.4. The molecule has 0 aromatic carbocycles. The number of hydrogen-bond acceptors (Lipinski definition) is 4. The average molecular weight is 373 g/mol. The van der Waals surface area contributed by atoms with Crippen molar-refractivity contribution in [2.24, 2.45) is 0 Å². The highest BCUT2D eigenvalue weighted by Crippen LogP contribution is 2.21. The first-order chi connectivity index (χ1) is 12.4. The molecule has 1 saturated heterocycles. The van der Waals surface area contributed by atoms with Gasteiger partial charge in [-0.25, -0.2) is 0 Å². The van der Waals surface area contributed by atoms with E-state index in [1.54, 1.807) is 11.8 Å². The monoisotopic (exact) mass is 373 g/mol. The molecule has 3 rings (SSSR count). The standard InChI is InChI=1S/C19H23N3O3S/c1-12-16(13(2)20-17(12)14(3)23)19(25)22-7-4-6-21(8-9-22)18(24)15-5-10-26-11-15/h5,10-11,20H,4,6-9H2,1-3H3. The van der Waals surface area contributed by atoms with Crippen molar-refractivity contribution in [1.82, 2.24) is 14.8 Å². The third-order valence-electron chi connectivity index (χ3n) is 4.84. The quantitative estimate of drug-likeness (QED) is 0.841. The third kappa shape index (κ3) is 3.44. The Morgan fingerprint density at radius 1 is 1.04 bits per heavy atom. The van der Waals surface area contributed by atoms with Crippen molar-refractivity contribution in [2.45, 2.75) is 27.2 Å². The van der Waals surface area contributed by atoms with E-state index in [1.807, 2.05) is 28.7 Å². The van der Waals surface area contributed by atoms with Gasteiger partial charge in [0.15, 0.2) is 5.78 Å². The molecule has 0 atom stereocenters. The topological polar surface area (TPSA) is 73.5 Å². The summed E-state index contributed by atoms with van der Waals surface area (Å²) in [4.78, 5) is 43.9. The van der Waals surface area contributed by atoms with Crippen LogP contribution in [0.1, 0.15) is 55.8 Å². The van der Waals surface area contributed by atoms with E-state index >= 15 is 0 Å². The van der Waals surface area contributed by atoms with E-state index in [2.05, 4.69) is 4.98 Å². The Labute approximate surface area is 156 Å². The normalized spacial score (nSPS) is 15.0. The van der Waals surface area contributed by atoms with Gasteiger partial charge in [0, 0.05) is 44.2 Å². The van der Waals surface area contributed by atoms with Gasteiger partial charge in [-0.3, -0.25) is 14.4 Å². The molecule has 1 aliphatic heterocycles. The molecular formula is C19H23N3O3S. The van der Waals surface area contributed by atoms with Crippen molar-refractivity contribution < 1.29 is 14.4 Å². The van der Waals surface area contributed by atoms with Gasteiger partial charge in [0.2, 0.25) is 0 Å². The second kappa shape index (κ2) is 7.45. The summed E-state index contributed by atoms with van der Waals surface area (Å²) in [6.07, 6.45) is 0.740. The Morgan fingerprint density at radius 3 is 2.23 bits per heavy atom. The maximum atomic E-state index is 13.0. The number of Topliss-reactive ketones (excluding diaryl/α,β-unsaturated/α-hetero) is 1. The SMILES string of the molecule is CC(=O)c1[nH]c(C)c(C(=O)N2CCCN(C(=O)c3ccsc3)CC2)c1C. The lowest BCUT2D eigenvalue weighted by molar-refractivity contribution is 0.0718. The number of ketones is 1. The molecule has 138 valence electrons. The van der Waals surface area contributed by atoms with Gasteiger partial charge in [-0.15, -0.1) is 0 Å². The van der Waals surface area contributed by atoms with Crippen LogP contribution in [-0.4, -0.2) is 58.6 Å². The first-order valence-corrected chi connectivity index (χ1v) is 9.65. The lowest BCUT2D eigenvalue weighted by Crippen LogP contribution is -2.37. The minimum atomic E-state index is -0.0759. The third-order valence-corrected chi connectivity index (χ3v) is 5.53. The predicted octanol–water partition coefficient (Wildman–Crippen LogP) is 2.88. The highest BCUT2D eigenvalue weighted by molar-refractivity contribution is 7.08. The van der Waals surface area contributed by atoms with Crippen LogP contribution >= 0.6 is 11.3 Å². The molecule has 26 heavy (non-hydrogen) atoms. The number of H-pyrrole nitrogens is 1. The number of carbonyl (C=O) groups excluding carboxylic acids is 3. The fraction of sp³-hybridized carbons (Fsp3) is 0.421.